The molecule has 4 aromatic heterocycles. The van der Waals surface area contributed by atoms with Gasteiger partial charge in [-0.05, 0) is 46.0 Å². The van der Waals surface area contributed by atoms with Crippen LogP contribution in [-0.4, -0.2) is 27.9 Å². The lowest BCUT2D eigenvalue weighted by molar-refractivity contribution is 0.494. The Bertz CT molecular complexity index is 2670. The molecule has 0 atom stereocenters. The quantitative estimate of drug-likeness (QED) is 0.196. The summed E-state index contributed by atoms with van der Waals surface area (Å²) >= 11 is 0. The maximum Gasteiger partial charge on any atom is 0.239 e. The molecule has 0 fully saturated rings. The zero-order valence-corrected chi connectivity index (χ0v) is 26.6. The lowest BCUT2D eigenvalue weighted by Gasteiger charge is -2.31. The van der Waals surface area contributed by atoms with Crippen LogP contribution in [0.15, 0.2) is 104 Å². The number of hydrogen-bond acceptors (Lipinski definition) is 3. The van der Waals surface area contributed by atoms with Gasteiger partial charge in [-0.3, -0.25) is 17.9 Å². The zero-order valence-electron chi connectivity index (χ0n) is 26.6. The summed E-state index contributed by atoms with van der Waals surface area (Å²) in [6.07, 6.45) is 12.3. The maximum atomic E-state index is 6.88. The first-order valence-electron chi connectivity index (χ1n) is 16.1. The van der Waals surface area contributed by atoms with Gasteiger partial charge in [-0.15, -0.1) is 0 Å². The van der Waals surface area contributed by atoms with Gasteiger partial charge in [0, 0.05) is 35.0 Å². The molecule has 10 rings (SSSR count). The fourth-order valence-electron chi connectivity index (χ4n) is 8.12. The van der Waals surface area contributed by atoms with E-state index in [2.05, 4.69) is 149 Å². The molecule has 2 aliphatic heterocycles. The maximum absolute atomic E-state index is 6.88. The third kappa shape index (κ3) is 3.40. The number of rotatable bonds is 2. The summed E-state index contributed by atoms with van der Waals surface area (Å²) < 4.78 is 15.6. The van der Waals surface area contributed by atoms with Crippen LogP contribution in [0.4, 0.5) is 0 Å². The van der Waals surface area contributed by atoms with Crippen LogP contribution in [0.25, 0.3) is 57.9 Å². The van der Waals surface area contributed by atoms with Crippen molar-refractivity contribution in [3.05, 3.63) is 137 Å². The third-order valence-corrected chi connectivity index (χ3v) is 10.5. The molecule has 6 heterocycles. The Morgan fingerprint density at radius 3 is 2.11 bits per heavy atom. The molecule has 8 aromatic rings. The minimum Gasteiger partial charge on any atom is -0.435 e. The summed E-state index contributed by atoms with van der Waals surface area (Å²) in [5, 5.41) is 0. The number of para-hydroxylation sites is 2. The molecule has 7 nitrogen and oxygen atoms in total. The average molecular weight is 613 g/mol. The summed E-state index contributed by atoms with van der Waals surface area (Å²) in [7, 11) is 0. The highest BCUT2D eigenvalue weighted by molar-refractivity contribution is 5.93. The molecule has 47 heavy (non-hydrogen) atoms. The lowest BCUT2D eigenvalue weighted by Crippen LogP contribution is -2.23. The Morgan fingerprint density at radius 1 is 0.638 bits per heavy atom. The second kappa shape index (κ2) is 8.91. The molecular formula is C40H32N6O. The summed E-state index contributed by atoms with van der Waals surface area (Å²) in [5.74, 6) is 2.89. The van der Waals surface area contributed by atoms with Crippen molar-refractivity contribution in [2.24, 2.45) is 0 Å². The molecule has 0 saturated carbocycles. The van der Waals surface area contributed by atoms with Crippen molar-refractivity contribution in [3.63, 3.8) is 0 Å². The molecule has 0 aliphatic carbocycles. The average Bonchev–Trinajstić information content (AvgIpc) is 3.84. The molecular weight excluding hydrogens is 580 g/mol. The van der Waals surface area contributed by atoms with Crippen LogP contribution in [0.5, 0.6) is 5.88 Å². The summed E-state index contributed by atoms with van der Waals surface area (Å²) in [5.41, 5.74) is 11.2. The first-order chi connectivity index (χ1) is 22.8. The van der Waals surface area contributed by atoms with Crippen LogP contribution in [0.3, 0.4) is 0 Å². The standard InChI is InChI=1S/C40H32N6O/c1-39(2)27-13-7-5-11-25(27)19-21-44-35-29(39)15-10-18-32(35)45-24-34(42-38(44)45)47-33-23-46-36-30(40(3,4)28-14-8-6-12-26(28)33)16-9-17-31(36)43-22-20-41-37(43)46/h5-24H,1-4H3. The normalized spacial score (nSPS) is 16.0. The van der Waals surface area contributed by atoms with Crippen LogP contribution < -0.4 is 4.74 Å². The van der Waals surface area contributed by atoms with E-state index < -0.39 is 0 Å². The van der Waals surface area contributed by atoms with E-state index in [-0.39, 0.29) is 10.8 Å². The molecule has 0 radical (unpaired) electrons. The van der Waals surface area contributed by atoms with Crippen molar-refractivity contribution >= 4 is 57.9 Å². The number of fused-ring (bicyclic) bond motifs is 8. The lowest BCUT2D eigenvalue weighted by atomic mass is 9.75. The van der Waals surface area contributed by atoms with Gasteiger partial charge in [-0.25, -0.2) is 4.98 Å². The molecule has 0 spiro atoms. The van der Waals surface area contributed by atoms with Crippen molar-refractivity contribution < 1.29 is 4.74 Å². The molecule has 228 valence electrons. The fourth-order valence-corrected chi connectivity index (χ4v) is 8.12. The molecule has 2 aliphatic rings. The van der Waals surface area contributed by atoms with Gasteiger partial charge in [-0.1, -0.05) is 100 Å². The molecule has 4 aromatic carbocycles. The van der Waals surface area contributed by atoms with Gasteiger partial charge in [-0.2, -0.15) is 4.98 Å². The van der Waals surface area contributed by atoms with Crippen LogP contribution in [0, 0.1) is 0 Å². The van der Waals surface area contributed by atoms with Crippen LogP contribution in [0.1, 0.15) is 61.1 Å². The van der Waals surface area contributed by atoms with E-state index in [4.69, 9.17) is 14.7 Å². The number of imidazole rings is 4. The van der Waals surface area contributed by atoms with E-state index in [1.165, 1.54) is 27.8 Å². The molecule has 0 N–H and O–H groups in total. The van der Waals surface area contributed by atoms with E-state index in [0.717, 1.165) is 44.9 Å². The van der Waals surface area contributed by atoms with E-state index in [9.17, 15) is 0 Å². The van der Waals surface area contributed by atoms with Crippen molar-refractivity contribution in [3.8, 4) is 5.88 Å². The summed E-state index contributed by atoms with van der Waals surface area (Å²) in [4.78, 5) is 9.90. The number of ether oxygens (including phenoxy) is 1. The smallest absolute Gasteiger partial charge is 0.239 e. The van der Waals surface area contributed by atoms with Crippen molar-refractivity contribution in [1.29, 1.82) is 0 Å². The van der Waals surface area contributed by atoms with Gasteiger partial charge in [0.1, 0.15) is 0 Å². The number of hydrogen-bond donors (Lipinski definition) is 0. The summed E-state index contributed by atoms with van der Waals surface area (Å²) in [6.45, 7) is 9.19. The Morgan fingerprint density at radius 2 is 1.30 bits per heavy atom. The second-order valence-electron chi connectivity index (χ2n) is 13.7. The highest BCUT2D eigenvalue weighted by atomic mass is 16.5. The highest BCUT2D eigenvalue weighted by Crippen LogP contribution is 2.44. The van der Waals surface area contributed by atoms with Crippen LogP contribution in [0.2, 0.25) is 0 Å². The van der Waals surface area contributed by atoms with Crippen molar-refractivity contribution in [2.45, 2.75) is 38.5 Å². The third-order valence-electron chi connectivity index (χ3n) is 10.5. The van der Waals surface area contributed by atoms with E-state index in [0.29, 0.717) is 5.88 Å². The predicted octanol–water partition coefficient (Wildman–Crippen LogP) is 8.83. The molecule has 0 bridgehead atoms. The summed E-state index contributed by atoms with van der Waals surface area (Å²) in [6, 6.07) is 30.3. The minimum absolute atomic E-state index is 0.203. The van der Waals surface area contributed by atoms with Gasteiger partial charge in [0.2, 0.25) is 17.4 Å². The monoisotopic (exact) mass is 612 g/mol. The Hall–Kier alpha value is -5.82. The number of aromatic nitrogens is 6. The van der Waals surface area contributed by atoms with Gasteiger partial charge in [0.15, 0.2) is 5.76 Å². The van der Waals surface area contributed by atoms with Crippen molar-refractivity contribution in [2.75, 3.05) is 0 Å². The van der Waals surface area contributed by atoms with Crippen LogP contribution in [-0.2, 0) is 10.8 Å². The Labute approximate surface area is 271 Å². The van der Waals surface area contributed by atoms with E-state index >= 15 is 0 Å². The Kier molecular flexibility index (Phi) is 5.01. The highest BCUT2D eigenvalue weighted by Gasteiger charge is 2.34. The molecule has 0 saturated heterocycles. The van der Waals surface area contributed by atoms with Gasteiger partial charge in [0.05, 0.1) is 34.5 Å². The first-order valence-corrected chi connectivity index (χ1v) is 16.1. The largest absolute Gasteiger partial charge is 0.435 e. The molecule has 7 heteroatoms. The van der Waals surface area contributed by atoms with Gasteiger partial charge in [0.25, 0.3) is 0 Å². The topological polar surface area (TPSA) is 53.7 Å². The molecule has 0 amide bonds. The second-order valence-corrected chi connectivity index (χ2v) is 13.7. The Balaban J connectivity index is 1.20. The van der Waals surface area contributed by atoms with Gasteiger partial charge < -0.3 is 4.74 Å². The SMILES string of the molecule is CC1(C)c2ccccc2C=Cn2c3c1cccc3n1cc(OC3=Cn4c5c(cccc5n5ccnc45)C(C)(C)c4ccccc43)nc21. The van der Waals surface area contributed by atoms with Gasteiger partial charge >= 0.3 is 0 Å². The fraction of sp³-hybridized carbons (Fsp3) is 0.150. The van der Waals surface area contributed by atoms with Crippen molar-refractivity contribution in [1.82, 2.24) is 27.9 Å². The zero-order chi connectivity index (χ0) is 31.7. The minimum atomic E-state index is -0.309. The van der Waals surface area contributed by atoms with E-state index in [1.54, 1.807) is 0 Å². The molecule has 0 unspecified atom stereocenters. The number of nitrogens with zero attached hydrogens (tertiary/aromatic N) is 6. The predicted molar refractivity (Wildman–Crippen MR) is 189 cm³/mol. The van der Waals surface area contributed by atoms with Crippen LogP contribution >= 0.6 is 0 Å². The van der Waals surface area contributed by atoms with E-state index in [1.807, 2.05) is 18.6 Å². The first kappa shape index (κ1) is 26.4. The number of benzene rings is 4.